The van der Waals surface area contributed by atoms with Crippen LogP contribution in [0.15, 0.2) is 30.3 Å². The minimum Gasteiger partial charge on any atom is -0.398 e. The van der Waals surface area contributed by atoms with Crippen LogP contribution in [0, 0.1) is 5.92 Å². The Morgan fingerprint density at radius 3 is 3.10 bits per heavy atom. The van der Waals surface area contributed by atoms with E-state index in [4.69, 9.17) is 10.5 Å². The number of ether oxygens (including phenoxy) is 1. The van der Waals surface area contributed by atoms with Crippen molar-refractivity contribution in [3.8, 4) is 0 Å². The molecule has 110 valence electrons. The standard InChI is InChI=1S/C16H19N3O2/c17-13-8-15(19-14-6-2-1-5-12(13)14)16(20)18-9-11-4-3-7-21-10-11/h1-2,5-6,8,11H,3-4,7,9-10H2,(H2,17,19)(H,18,20). The molecule has 0 spiro atoms. The number of fused-ring (bicyclic) bond motifs is 1. The van der Waals surface area contributed by atoms with Crippen molar-refractivity contribution in [2.24, 2.45) is 5.92 Å². The summed E-state index contributed by atoms with van der Waals surface area (Å²) in [6.45, 7) is 2.16. The first-order valence-electron chi connectivity index (χ1n) is 7.25. The molecule has 1 aromatic carbocycles. The fraction of sp³-hybridized carbons (Fsp3) is 0.375. The summed E-state index contributed by atoms with van der Waals surface area (Å²) < 4.78 is 5.41. The van der Waals surface area contributed by atoms with E-state index in [0.29, 0.717) is 30.5 Å². The lowest BCUT2D eigenvalue weighted by atomic mass is 10.0. The summed E-state index contributed by atoms with van der Waals surface area (Å²) in [5, 5.41) is 3.79. The van der Waals surface area contributed by atoms with Gasteiger partial charge in [-0.15, -0.1) is 0 Å². The molecule has 1 aliphatic heterocycles. The summed E-state index contributed by atoms with van der Waals surface area (Å²) in [5.41, 5.74) is 7.67. The van der Waals surface area contributed by atoms with E-state index in [1.54, 1.807) is 6.07 Å². The molecule has 5 heteroatoms. The molecule has 3 rings (SSSR count). The lowest BCUT2D eigenvalue weighted by Crippen LogP contribution is -2.33. The van der Waals surface area contributed by atoms with Crippen molar-refractivity contribution in [2.75, 3.05) is 25.5 Å². The molecule has 1 aromatic heterocycles. The van der Waals surface area contributed by atoms with Gasteiger partial charge in [0, 0.05) is 24.2 Å². The summed E-state index contributed by atoms with van der Waals surface area (Å²) in [7, 11) is 0. The van der Waals surface area contributed by atoms with Gasteiger partial charge < -0.3 is 15.8 Å². The molecule has 2 heterocycles. The molecule has 2 aromatic rings. The van der Waals surface area contributed by atoms with E-state index in [0.717, 1.165) is 30.4 Å². The summed E-state index contributed by atoms with van der Waals surface area (Å²) in [6, 6.07) is 9.18. The van der Waals surface area contributed by atoms with Gasteiger partial charge in [0.15, 0.2) is 0 Å². The monoisotopic (exact) mass is 285 g/mol. The number of carbonyl (C=O) groups excluding carboxylic acids is 1. The largest absolute Gasteiger partial charge is 0.398 e. The number of hydrogen-bond acceptors (Lipinski definition) is 4. The molecule has 3 N–H and O–H groups in total. The highest BCUT2D eigenvalue weighted by Crippen LogP contribution is 2.20. The average molecular weight is 285 g/mol. The Morgan fingerprint density at radius 1 is 1.43 bits per heavy atom. The molecule has 1 atom stereocenters. The number of benzene rings is 1. The van der Waals surface area contributed by atoms with Crippen molar-refractivity contribution in [1.29, 1.82) is 0 Å². The average Bonchev–Trinajstić information content (AvgIpc) is 2.53. The molecule has 1 amide bonds. The number of nitrogens with one attached hydrogen (secondary N) is 1. The first-order chi connectivity index (χ1) is 10.2. The number of rotatable bonds is 3. The predicted molar refractivity (Wildman–Crippen MR) is 82.0 cm³/mol. The highest BCUT2D eigenvalue weighted by molar-refractivity contribution is 5.99. The van der Waals surface area contributed by atoms with Crippen molar-refractivity contribution >= 4 is 22.5 Å². The minimum atomic E-state index is -0.182. The van der Waals surface area contributed by atoms with Gasteiger partial charge in [0.1, 0.15) is 5.69 Å². The molecular formula is C16H19N3O2. The summed E-state index contributed by atoms with van der Waals surface area (Å²) in [5.74, 6) is 0.207. The summed E-state index contributed by atoms with van der Waals surface area (Å²) in [6.07, 6.45) is 2.15. The number of amides is 1. The maximum absolute atomic E-state index is 12.2. The molecule has 5 nitrogen and oxygen atoms in total. The van der Waals surface area contributed by atoms with Crippen molar-refractivity contribution in [2.45, 2.75) is 12.8 Å². The molecular weight excluding hydrogens is 266 g/mol. The number of nitrogens with zero attached hydrogens (tertiary/aromatic N) is 1. The van der Waals surface area contributed by atoms with Crippen LogP contribution in [0.1, 0.15) is 23.3 Å². The highest BCUT2D eigenvalue weighted by Gasteiger charge is 2.16. The quantitative estimate of drug-likeness (QED) is 0.904. The number of aromatic nitrogens is 1. The lowest BCUT2D eigenvalue weighted by Gasteiger charge is -2.22. The van der Waals surface area contributed by atoms with Crippen molar-refractivity contribution in [3.63, 3.8) is 0 Å². The lowest BCUT2D eigenvalue weighted by molar-refractivity contribution is 0.0536. The van der Waals surface area contributed by atoms with Crippen LogP contribution in [-0.4, -0.2) is 30.6 Å². The molecule has 0 bridgehead atoms. The fourth-order valence-corrected chi connectivity index (χ4v) is 2.61. The predicted octanol–water partition coefficient (Wildman–Crippen LogP) is 1.97. The van der Waals surface area contributed by atoms with E-state index in [-0.39, 0.29) is 5.91 Å². The van der Waals surface area contributed by atoms with Crippen LogP contribution in [0.2, 0.25) is 0 Å². The van der Waals surface area contributed by atoms with Gasteiger partial charge in [0.25, 0.3) is 5.91 Å². The smallest absolute Gasteiger partial charge is 0.269 e. The number of hydrogen-bond donors (Lipinski definition) is 2. The third-order valence-corrected chi connectivity index (χ3v) is 3.79. The first-order valence-corrected chi connectivity index (χ1v) is 7.25. The SMILES string of the molecule is Nc1cc(C(=O)NCC2CCCOC2)nc2ccccc12. The first kappa shape index (κ1) is 13.8. The normalized spacial score (nSPS) is 18.6. The number of nitrogen functional groups attached to an aromatic ring is 1. The van der Waals surface area contributed by atoms with E-state index in [2.05, 4.69) is 10.3 Å². The highest BCUT2D eigenvalue weighted by atomic mass is 16.5. The van der Waals surface area contributed by atoms with Gasteiger partial charge in [0.2, 0.25) is 0 Å². The molecule has 1 saturated heterocycles. The van der Waals surface area contributed by atoms with Crippen LogP contribution in [0.4, 0.5) is 5.69 Å². The van der Waals surface area contributed by atoms with E-state index in [1.165, 1.54) is 0 Å². The zero-order valence-corrected chi connectivity index (χ0v) is 11.8. The van der Waals surface area contributed by atoms with Gasteiger partial charge in [-0.25, -0.2) is 4.98 Å². The van der Waals surface area contributed by atoms with Crippen LogP contribution in [0.5, 0.6) is 0 Å². The van der Waals surface area contributed by atoms with Crippen molar-refractivity contribution < 1.29 is 9.53 Å². The Labute approximate surface area is 123 Å². The molecule has 1 fully saturated rings. The van der Waals surface area contributed by atoms with E-state index in [9.17, 15) is 4.79 Å². The molecule has 1 unspecified atom stereocenters. The van der Waals surface area contributed by atoms with Gasteiger partial charge >= 0.3 is 0 Å². The Morgan fingerprint density at radius 2 is 2.29 bits per heavy atom. The molecule has 21 heavy (non-hydrogen) atoms. The maximum Gasteiger partial charge on any atom is 0.269 e. The van der Waals surface area contributed by atoms with Crippen LogP contribution in [0.25, 0.3) is 10.9 Å². The molecule has 1 aliphatic rings. The van der Waals surface area contributed by atoms with Gasteiger partial charge in [-0.05, 0) is 30.9 Å². The minimum absolute atomic E-state index is 0.182. The second kappa shape index (κ2) is 6.10. The van der Waals surface area contributed by atoms with E-state index >= 15 is 0 Å². The number of carbonyl (C=O) groups is 1. The number of anilines is 1. The van der Waals surface area contributed by atoms with Crippen molar-refractivity contribution in [1.82, 2.24) is 10.3 Å². The van der Waals surface area contributed by atoms with Gasteiger partial charge in [-0.2, -0.15) is 0 Å². The maximum atomic E-state index is 12.2. The van der Waals surface area contributed by atoms with Gasteiger partial charge in [-0.1, -0.05) is 18.2 Å². The van der Waals surface area contributed by atoms with Crippen molar-refractivity contribution in [3.05, 3.63) is 36.0 Å². The Bertz CT molecular complexity index is 651. The fourth-order valence-electron chi connectivity index (χ4n) is 2.61. The molecule has 0 saturated carbocycles. The molecule has 0 aliphatic carbocycles. The zero-order chi connectivity index (χ0) is 14.7. The van der Waals surface area contributed by atoms with Crippen LogP contribution in [-0.2, 0) is 4.74 Å². The van der Waals surface area contributed by atoms with Crippen LogP contribution < -0.4 is 11.1 Å². The zero-order valence-electron chi connectivity index (χ0n) is 11.8. The Balaban J connectivity index is 1.72. The number of nitrogens with two attached hydrogens (primary N) is 1. The number of pyridine rings is 1. The third-order valence-electron chi connectivity index (χ3n) is 3.79. The van der Waals surface area contributed by atoms with Crippen LogP contribution >= 0.6 is 0 Å². The van der Waals surface area contributed by atoms with E-state index in [1.807, 2.05) is 24.3 Å². The second-order valence-corrected chi connectivity index (χ2v) is 5.41. The summed E-state index contributed by atoms with van der Waals surface area (Å²) in [4.78, 5) is 16.6. The number of para-hydroxylation sites is 1. The molecule has 0 radical (unpaired) electrons. The van der Waals surface area contributed by atoms with Gasteiger partial charge in [-0.3, -0.25) is 4.79 Å². The third kappa shape index (κ3) is 3.13. The van der Waals surface area contributed by atoms with Gasteiger partial charge in [0.05, 0.1) is 12.1 Å². The van der Waals surface area contributed by atoms with E-state index < -0.39 is 0 Å². The topological polar surface area (TPSA) is 77.2 Å². The van der Waals surface area contributed by atoms with Crippen LogP contribution in [0.3, 0.4) is 0 Å². The Kier molecular flexibility index (Phi) is 4.01. The Hall–Kier alpha value is -2.14. The summed E-state index contributed by atoms with van der Waals surface area (Å²) >= 11 is 0. The second-order valence-electron chi connectivity index (χ2n) is 5.41.